The van der Waals surface area contributed by atoms with E-state index in [1.165, 1.54) is 24.8 Å². The standard InChI is InChI=1S/C20H28ClN3O/c21-9-3-2-6-17-15-23-19-8-7-16(14-18(17)19)20(25)22-10-13-24-11-4-1-5-12-24/h7-8,14-15,23H,1-6,9-13H2,(H,22,25). The van der Waals surface area contributed by atoms with Crippen LogP contribution in [-0.2, 0) is 6.42 Å². The first-order valence-electron chi connectivity index (χ1n) is 9.44. The SMILES string of the molecule is O=C(NCCN1CCCCC1)c1ccc2[nH]cc(CCCCCl)c2c1. The fourth-order valence-corrected chi connectivity index (χ4v) is 3.74. The highest BCUT2D eigenvalue weighted by Gasteiger charge is 2.12. The Morgan fingerprint density at radius 2 is 2.04 bits per heavy atom. The summed E-state index contributed by atoms with van der Waals surface area (Å²) in [5, 5.41) is 4.22. The molecule has 1 aromatic heterocycles. The van der Waals surface area contributed by atoms with Crippen molar-refractivity contribution < 1.29 is 4.79 Å². The number of aryl methyl sites for hydroxylation is 1. The molecule has 2 N–H and O–H groups in total. The van der Waals surface area contributed by atoms with Crippen LogP contribution in [0.5, 0.6) is 0 Å². The van der Waals surface area contributed by atoms with Crippen molar-refractivity contribution in [1.82, 2.24) is 15.2 Å². The number of hydrogen-bond donors (Lipinski definition) is 2. The number of alkyl halides is 1. The smallest absolute Gasteiger partial charge is 0.251 e. The van der Waals surface area contributed by atoms with Crippen LogP contribution in [0.4, 0.5) is 0 Å². The lowest BCUT2D eigenvalue weighted by Gasteiger charge is -2.26. The van der Waals surface area contributed by atoms with Crippen molar-refractivity contribution in [3.63, 3.8) is 0 Å². The molecule has 0 spiro atoms. The number of carbonyl (C=O) groups excluding carboxylic acids is 1. The predicted molar refractivity (Wildman–Crippen MR) is 105 cm³/mol. The Hall–Kier alpha value is -1.52. The monoisotopic (exact) mass is 361 g/mol. The van der Waals surface area contributed by atoms with Crippen LogP contribution in [-0.4, -0.2) is 47.9 Å². The molecule has 1 saturated heterocycles. The van der Waals surface area contributed by atoms with Gasteiger partial charge in [-0.2, -0.15) is 0 Å². The van der Waals surface area contributed by atoms with Gasteiger partial charge < -0.3 is 15.2 Å². The molecular formula is C20H28ClN3O. The predicted octanol–water partition coefficient (Wildman–Crippen LogP) is 3.95. The van der Waals surface area contributed by atoms with E-state index in [1.807, 2.05) is 18.2 Å². The summed E-state index contributed by atoms with van der Waals surface area (Å²) in [5.74, 6) is 0.722. The van der Waals surface area contributed by atoms with Crippen molar-refractivity contribution >= 4 is 28.4 Å². The Kier molecular flexibility index (Phi) is 6.76. The third-order valence-corrected chi connectivity index (χ3v) is 5.29. The molecular weight excluding hydrogens is 334 g/mol. The largest absolute Gasteiger partial charge is 0.361 e. The van der Waals surface area contributed by atoms with E-state index in [1.54, 1.807) is 0 Å². The molecule has 25 heavy (non-hydrogen) atoms. The molecule has 0 saturated carbocycles. The second kappa shape index (κ2) is 9.25. The van der Waals surface area contributed by atoms with Gasteiger partial charge in [0.25, 0.3) is 5.91 Å². The fraction of sp³-hybridized carbons (Fsp3) is 0.550. The maximum absolute atomic E-state index is 12.5. The van der Waals surface area contributed by atoms with Crippen molar-refractivity contribution in [3.05, 3.63) is 35.5 Å². The highest BCUT2D eigenvalue weighted by atomic mass is 35.5. The number of nitrogens with zero attached hydrogens (tertiary/aromatic N) is 1. The number of halogens is 1. The van der Waals surface area contributed by atoms with E-state index in [2.05, 4.69) is 21.4 Å². The number of hydrogen-bond acceptors (Lipinski definition) is 2. The second-order valence-electron chi connectivity index (χ2n) is 6.88. The molecule has 0 bridgehead atoms. The van der Waals surface area contributed by atoms with Gasteiger partial charge in [-0.1, -0.05) is 6.42 Å². The van der Waals surface area contributed by atoms with Gasteiger partial charge in [-0.3, -0.25) is 4.79 Å². The third-order valence-electron chi connectivity index (χ3n) is 5.02. The molecule has 1 aromatic carbocycles. The van der Waals surface area contributed by atoms with Crippen molar-refractivity contribution in [2.24, 2.45) is 0 Å². The number of unbranched alkanes of at least 4 members (excludes halogenated alkanes) is 1. The Bertz CT molecular complexity index is 691. The summed E-state index contributed by atoms with van der Waals surface area (Å²) < 4.78 is 0. The normalized spacial score (nSPS) is 15.6. The minimum absolute atomic E-state index is 0.0202. The number of aromatic amines is 1. The van der Waals surface area contributed by atoms with E-state index in [-0.39, 0.29) is 5.91 Å². The number of aromatic nitrogens is 1. The molecule has 0 aliphatic carbocycles. The zero-order chi connectivity index (χ0) is 17.5. The summed E-state index contributed by atoms with van der Waals surface area (Å²) in [4.78, 5) is 18.2. The number of carbonyl (C=O) groups is 1. The molecule has 136 valence electrons. The average Bonchev–Trinajstić information content (AvgIpc) is 3.05. The third kappa shape index (κ3) is 4.99. The average molecular weight is 362 g/mol. The van der Waals surface area contributed by atoms with Gasteiger partial charge in [0.1, 0.15) is 0 Å². The van der Waals surface area contributed by atoms with Crippen LogP contribution in [0.2, 0.25) is 0 Å². The van der Waals surface area contributed by atoms with Crippen molar-refractivity contribution in [3.8, 4) is 0 Å². The highest BCUT2D eigenvalue weighted by molar-refractivity contribution is 6.17. The number of likely N-dealkylation sites (tertiary alicyclic amines) is 1. The Labute approximate surface area is 154 Å². The van der Waals surface area contributed by atoms with Crippen LogP contribution in [0.15, 0.2) is 24.4 Å². The Balaban J connectivity index is 1.57. The van der Waals surface area contributed by atoms with Gasteiger partial charge in [-0.05, 0) is 69.0 Å². The first-order chi connectivity index (χ1) is 12.3. The lowest BCUT2D eigenvalue weighted by molar-refractivity contribution is 0.0946. The molecule has 2 heterocycles. The number of H-pyrrole nitrogens is 1. The van der Waals surface area contributed by atoms with Crippen molar-refractivity contribution in [2.75, 3.05) is 32.1 Å². The number of rotatable bonds is 8. The van der Waals surface area contributed by atoms with E-state index >= 15 is 0 Å². The van der Waals surface area contributed by atoms with E-state index in [0.717, 1.165) is 55.4 Å². The first kappa shape index (κ1) is 18.3. The van der Waals surface area contributed by atoms with E-state index in [0.29, 0.717) is 12.4 Å². The fourth-order valence-electron chi connectivity index (χ4n) is 3.55. The van der Waals surface area contributed by atoms with Crippen LogP contribution in [0, 0.1) is 0 Å². The first-order valence-corrected chi connectivity index (χ1v) is 9.98. The number of amides is 1. The van der Waals surface area contributed by atoms with E-state index in [9.17, 15) is 4.79 Å². The van der Waals surface area contributed by atoms with Crippen LogP contribution in [0.3, 0.4) is 0 Å². The van der Waals surface area contributed by atoms with Crippen LogP contribution < -0.4 is 5.32 Å². The van der Waals surface area contributed by atoms with Gasteiger partial charge in [0.15, 0.2) is 0 Å². The number of fused-ring (bicyclic) bond motifs is 1. The maximum atomic E-state index is 12.5. The summed E-state index contributed by atoms with van der Waals surface area (Å²) >= 11 is 5.77. The summed E-state index contributed by atoms with van der Waals surface area (Å²) in [6.07, 6.45) is 9.04. The quantitative estimate of drug-likeness (QED) is 0.552. The number of nitrogens with one attached hydrogen (secondary N) is 2. The number of piperidine rings is 1. The lowest BCUT2D eigenvalue weighted by Crippen LogP contribution is -2.37. The van der Waals surface area contributed by atoms with E-state index in [4.69, 9.17) is 11.6 Å². The number of benzene rings is 1. The highest BCUT2D eigenvalue weighted by Crippen LogP contribution is 2.21. The van der Waals surface area contributed by atoms with Gasteiger partial charge >= 0.3 is 0 Å². The topological polar surface area (TPSA) is 48.1 Å². The second-order valence-corrected chi connectivity index (χ2v) is 7.26. The van der Waals surface area contributed by atoms with Gasteiger partial charge in [-0.15, -0.1) is 11.6 Å². The van der Waals surface area contributed by atoms with E-state index < -0.39 is 0 Å². The summed E-state index contributed by atoms with van der Waals surface area (Å²) in [6, 6.07) is 5.91. The zero-order valence-corrected chi connectivity index (χ0v) is 15.6. The molecule has 1 fully saturated rings. The van der Waals surface area contributed by atoms with Gasteiger partial charge in [-0.25, -0.2) is 0 Å². The summed E-state index contributed by atoms with van der Waals surface area (Å²) in [7, 11) is 0. The molecule has 1 amide bonds. The molecule has 3 rings (SSSR count). The Morgan fingerprint density at radius 3 is 2.84 bits per heavy atom. The van der Waals surface area contributed by atoms with Gasteiger partial charge in [0, 0.05) is 41.6 Å². The molecule has 0 atom stereocenters. The van der Waals surface area contributed by atoms with Gasteiger partial charge in [0.05, 0.1) is 0 Å². The molecule has 1 aliphatic heterocycles. The van der Waals surface area contributed by atoms with Crippen molar-refractivity contribution in [2.45, 2.75) is 38.5 Å². The van der Waals surface area contributed by atoms with Crippen molar-refractivity contribution in [1.29, 1.82) is 0 Å². The molecule has 0 unspecified atom stereocenters. The molecule has 4 nitrogen and oxygen atoms in total. The van der Waals surface area contributed by atoms with Crippen LogP contribution in [0.1, 0.15) is 48.0 Å². The van der Waals surface area contributed by atoms with Crippen LogP contribution in [0.25, 0.3) is 10.9 Å². The van der Waals surface area contributed by atoms with Gasteiger partial charge in [0.2, 0.25) is 0 Å². The summed E-state index contributed by atoms with van der Waals surface area (Å²) in [6.45, 7) is 3.99. The molecule has 1 aliphatic rings. The molecule has 2 aromatic rings. The Morgan fingerprint density at radius 1 is 1.20 bits per heavy atom. The zero-order valence-electron chi connectivity index (χ0n) is 14.8. The van der Waals surface area contributed by atoms with Crippen LogP contribution >= 0.6 is 11.6 Å². The minimum Gasteiger partial charge on any atom is -0.361 e. The maximum Gasteiger partial charge on any atom is 0.251 e. The summed E-state index contributed by atoms with van der Waals surface area (Å²) in [5.41, 5.74) is 3.10. The lowest BCUT2D eigenvalue weighted by atomic mass is 10.0. The minimum atomic E-state index is 0.0202. The molecule has 0 radical (unpaired) electrons. The molecule has 5 heteroatoms.